The number of hydrogen-bond donors (Lipinski definition) is 0. The molecule has 0 radical (unpaired) electrons. The van der Waals surface area contributed by atoms with Gasteiger partial charge in [0.25, 0.3) is 11.4 Å². The Hall–Kier alpha value is -4.97. The molecule has 0 heterocycles. The Morgan fingerprint density at radius 3 is 2.14 bits per heavy atom. The Bertz CT molecular complexity index is 1320. The highest BCUT2D eigenvalue weighted by Crippen LogP contribution is 2.35. The predicted octanol–water partition coefficient (Wildman–Crippen LogP) is 5.88. The molecule has 0 saturated heterocycles. The van der Waals surface area contributed by atoms with Crippen molar-refractivity contribution in [1.29, 1.82) is 5.26 Å². The average Bonchev–Trinajstić information content (AvgIpc) is 2.86. The molecular weight excluding hydrogens is 450 g/mol. The first-order chi connectivity index (χ1) is 16.9. The Labute approximate surface area is 201 Å². The van der Waals surface area contributed by atoms with Gasteiger partial charge in [-0.1, -0.05) is 6.08 Å². The Morgan fingerprint density at radius 2 is 1.63 bits per heavy atom. The number of rotatable bonds is 10. The molecule has 0 aliphatic heterocycles. The zero-order valence-corrected chi connectivity index (χ0v) is 18.8. The van der Waals surface area contributed by atoms with Gasteiger partial charge in [-0.05, 0) is 65.6 Å². The van der Waals surface area contributed by atoms with Crippen LogP contribution in [0.5, 0.6) is 11.5 Å². The number of nitro benzene ring substituents is 2. The van der Waals surface area contributed by atoms with Gasteiger partial charge in [0.1, 0.15) is 6.61 Å². The highest BCUT2D eigenvalue weighted by Gasteiger charge is 2.14. The number of ether oxygens (including phenoxy) is 2. The minimum Gasteiger partial charge on any atom is -0.493 e. The smallest absolute Gasteiger partial charge is 0.269 e. The van der Waals surface area contributed by atoms with Gasteiger partial charge in [-0.25, -0.2) is 0 Å². The van der Waals surface area contributed by atoms with Gasteiger partial charge in [0.15, 0.2) is 11.5 Å². The van der Waals surface area contributed by atoms with Crippen LogP contribution in [0.3, 0.4) is 0 Å². The lowest BCUT2D eigenvalue weighted by molar-refractivity contribution is -0.385. The maximum atomic E-state index is 10.9. The van der Waals surface area contributed by atoms with Crippen molar-refractivity contribution in [2.75, 3.05) is 7.11 Å². The van der Waals surface area contributed by atoms with E-state index in [9.17, 15) is 25.5 Å². The Morgan fingerprint density at radius 1 is 1.03 bits per heavy atom. The molecular formula is C26H21N3O6. The summed E-state index contributed by atoms with van der Waals surface area (Å²) in [5, 5.41) is 31.4. The number of nitro groups is 2. The molecule has 3 aromatic rings. The minimum atomic E-state index is -0.499. The lowest BCUT2D eigenvalue weighted by Crippen LogP contribution is -2.02. The number of nitriles is 1. The number of nitrogens with zero attached hydrogens (tertiary/aromatic N) is 3. The van der Waals surface area contributed by atoms with E-state index in [0.29, 0.717) is 34.6 Å². The number of benzene rings is 3. The fourth-order valence-electron chi connectivity index (χ4n) is 3.37. The molecule has 35 heavy (non-hydrogen) atoms. The van der Waals surface area contributed by atoms with Gasteiger partial charge in [0.2, 0.25) is 0 Å². The van der Waals surface area contributed by atoms with E-state index in [-0.39, 0.29) is 18.0 Å². The summed E-state index contributed by atoms with van der Waals surface area (Å²) >= 11 is 0. The predicted molar refractivity (Wildman–Crippen MR) is 131 cm³/mol. The van der Waals surface area contributed by atoms with Crippen LogP contribution in [0.2, 0.25) is 0 Å². The molecule has 0 bridgehead atoms. The molecule has 176 valence electrons. The van der Waals surface area contributed by atoms with Crippen LogP contribution >= 0.6 is 0 Å². The van der Waals surface area contributed by atoms with Crippen molar-refractivity contribution in [3.8, 4) is 17.6 Å². The normalized spacial score (nSPS) is 10.8. The first-order valence-electron chi connectivity index (χ1n) is 10.4. The topological polar surface area (TPSA) is 129 Å². The van der Waals surface area contributed by atoms with E-state index in [4.69, 9.17) is 9.47 Å². The van der Waals surface area contributed by atoms with Gasteiger partial charge in [-0.15, -0.1) is 6.58 Å². The van der Waals surface area contributed by atoms with Gasteiger partial charge in [-0.3, -0.25) is 20.2 Å². The van der Waals surface area contributed by atoms with Crippen LogP contribution in [-0.4, -0.2) is 17.0 Å². The molecule has 0 fully saturated rings. The molecule has 3 rings (SSSR count). The second kappa shape index (κ2) is 11.2. The largest absolute Gasteiger partial charge is 0.493 e. The molecule has 9 nitrogen and oxygen atoms in total. The van der Waals surface area contributed by atoms with Gasteiger partial charge < -0.3 is 9.47 Å². The standard InChI is InChI=1S/C26H21N3O6/c1-3-4-21-13-19(14-22(16-27)20-7-11-24(12-8-20)29(32)33)15-25(34-2)26(21)35-17-18-5-9-23(10-6-18)28(30)31/h3,5-15H,1,4,17H2,2H3/b22-14+. The fourth-order valence-corrected chi connectivity index (χ4v) is 3.37. The zero-order valence-electron chi connectivity index (χ0n) is 18.8. The molecule has 0 spiro atoms. The molecule has 3 aromatic carbocycles. The monoisotopic (exact) mass is 471 g/mol. The molecule has 9 heteroatoms. The van der Waals surface area contributed by atoms with Crippen LogP contribution in [0.4, 0.5) is 11.4 Å². The van der Waals surface area contributed by atoms with Gasteiger partial charge in [0.05, 0.1) is 28.6 Å². The summed E-state index contributed by atoms with van der Waals surface area (Å²) < 4.78 is 11.6. The molecule has 0 saturated carbocycles. The van der Waals surface area contributed by atoms with E-state index in [1.807, 2.05) is 6.07 Å². The van der Waals surface area contributed by atoms with Crippen molar-refractivity contribution in [3.05, 3.63) is 116 Å². The maximum Gasteiger partial charge on any atom is 0.269 e. The highest BCUT2D eigenvalue weighted by atomic mass is 16.6. The van der Waals surface area contributed by atoms with Gasteiger partial charge in [-0.2, -0.15) is 5.26 Å². The lowest BCUT2D eigenvalue weighted by atomic mass is 10.0. The fraction of sp³-hybridized carbons (Fsp3) is 0.115. The molecule has 0 aliphatic carbocycles. The Kier molecular flexibility index (Phi) is 7.93. The van der Waals surface area contributed by atoms with E-state index in [1.165, 1.54) is 43.5 Å². The van der Waals surface area contributed by atoms with E-state index in [2.05, 4.69) is 12.6 Å². The number of non-ortho nitro benzene ring substituents is 2. The minimum absolute atomic E-state index is 0.00358. The number of hydrogen-bond acceptors (Lipinski definition) is 7. The molecule has 0 unspecified atom stereocenters. The van der Waals surface area contributed by atoms with Crippen molar-refractivity contribution in [2.45, 2.75) is 13.0 Å². The third-order valence-corrected chi connectivity index (χ3v) is 5.09. The molecule has 0 atom stereocenters. The summed E-state index contributed by atoms with van der Waals surface area (Å²) in [7, 11) is 1.50. The molecule has 0 aromatic heterocycles. The van der Waals surface area contributed by atoms with E-state index < -0.39 is 9.85 Å². The van der Waals surface area contributed by atoms with Crippen LogP contribution in [0.25, 0.3) is 11.6 Å². The summed E-state index contributed by atoms with van der Waals surface area (Å²) in [4.78, 5) is 20.8. The quantitative estimate of drug-likeness (QED) is 0.119. The van der Waals surface area contributed by atoms with Gasteiger partial charge >= 0.3 is 0 Å². The van der Waals surface area contributed by atoms with Crippen LogP contribution in [-0.2, 0) is 13.0 Å². The summed E-state index contributed by atoms with van der Waals surface area (Å²) in [6.45, 7) is 3.96. The Balaban J connectivity index is 1.93. The number of allylic oxidation sites excluding steroid dienone is 2. The van der Waals surface area contributed by atoms with E-state index in [1.54, 1.807) is 30.4 Å². The van der Waals surface area contributed by atoms with Crippen molar-refractivity contribution in [1.82, 2.24) is 0 Å². The van der Waals surface area contributed by atoms with E-state index >= 15 is 0 Å². The van der Waals surface area contributed by atoms with Crippen molar-refractivity contribution in [3.63, 3.8) is 0 Å². The molecule has 0 aliphatic rings. The number of methoxy groups -OCH3 is 1. The summed E-state index contributed by atoms with van der Waals surface area (Å²) in [5.41, 5.74) is 3.00. The van der Waals surface area contributed by atoms with Crippen molar-refractivity contribution in [2.24, 2.45) is 0 Å². The summed E-state index contributed by atoms with van der Waals surface area (Å²) in [6.07, 6.45) is 3.84. The van der Waals surface area contributed by atoms with Crippen LogP contribution in [0.1, 0.15) is 22.3 Å². The second-order valence-corrected chi connectivity index (χ2v) is 7.39. The third-order valence-electron chi connectivity index (χ3n) is 5.09. The zero-order chi connectivity index (χ0) is 25.4. The van der Waals surface area contributed by atoms with Crippen LogP contribution < -0.4 is 9.47 Å². The average molecular weight is 471 g/mol. The first-order valence-corrected chi connectivity index (χ1v) is 10.4. The molecule has 0 amide bonds. The summed E-state index contributed by atoms with van der Waals surface area (Å²) in [5.74, 6) is 0.940. The third kappa shape index (κ3) is 6.09. The second-order valence-electron chi connectivity index (χ2n) is 7.39. The molecule has 0 N–H and O–H groups in total. The van der Waals surface area contributed by atoms with Crippen LogP contribution in [0, 0.1) is 31.6 Å². The van der Waals surface area contributed by atoms with Crippen molar-refractivity contribution >= 4 is 23.0 Å². The van der Waals surface area contributed by atoms with Crippen molar-refractivity contribution < 1.29 is 19.3 Å². The maximum absolute atomic E-state index is 10.9. The first kappa shape index (κ1) is 24.7. The lowest BCUT2D eigenvalue weighted by Gasteiger charge is -2.16. The van der Waals surface area contributed by atoms with Gasteiger partial charge in [0, 0.05) is 29.8 Å². The summed E-state index contributed by atoms with van der Waals surface area (Å²) in [6, 6.07) is 17.5. The SMILES string of the molecule is C=CCc1cc(/C=C(\C#N)c2ccc([N+](=O)[O-])cc2)cc(OC)c1OCc1ccc([N+](=O)[O-])cc1. The van der Waals surface area contributed by atoms with Crippen LogP contribution in [0.15, 0.2) is 73.3 Å². The highest BCUT2D eigenvalue weighted by molar-refractivity contribution is 5.90. The van der Waals surface area contributed by atoms with E-state index in [0.717, 1.165) is 11.1 Å².